The lowest BCUT2D eigenvalue weighted by Gasteiger charge is -2.03. The number of methoxy groups -OCH3 is 1. The maximum Gasteiger partial charge on any atom is 0.305 e. The Balaban J connectivity index is 2.21. The lowest BCUT2D eigenvalue weighted by atomic mass is 10.2. The molecule has 0 aliphatic rings. The number of rotatable bonds is 5. The molecule has 0 spiro atoms. The second-order valence-electron chi connectivity index (χ2n) is 3.55. The number of para-hydroxylation sites is 1. The molecule has 7 heteroatoms. The first-order valence-electron chi connectivity index (χ1n) is 5.33. The van der Waals surface area contributed by atoms with Gasteiger partial charge >= 0.3 is 5.97 Å². The van der Waals surface area contributed by atoms with Crippen LogP contribution in [0.3, 0.4) is 0 Å². The Morgan fingerprint density at radius 2 is 2.22 bits per heavy atom. The van der Waals surface area contributed by atoms with Crippen LogP contribution >= 0.6 is 0 Å². The molecule has 0 saturated heterocycles. The fourth-order valence-corrected chi connectivity index (χ4v) is 1.47. The number of carboxylic acids is 1. The largest absolute Gasteiger partial charge is 0.496 e. The van der Waals surface area contributed by atoms with E-state index in [1.165, 1.54) is 4.80 Å². The van der Waals surface area contributed by atoms with Crippen LogP contribution in [0.5, 0.6) is 5.75 Å². The van der Waals surface area contributed by atoms with Crippen molar-refractivity contribution in [3.8, 4) is 17.1 Å². The zero-order valence-electron chi connectivity index (χ0n) is 9.78. The van der Waals surface area contributed by atoms with Crippen LogP contribution in [0.25, 0.3) is 11.4 Å². The number of benzene rings is 1. The van der Waals surface area contributed by atoms with E-state index in [1.54, 1.807) is 13.2 Å². The van der Waals surface area contributed by atoms with Gasteiger partial charge in [-0.25, -0.2) is 0 Å². The number of hydrogen-bond acceptors (Lipinski definition) is 5. The van der Waals surface area contributed by atoms with Gasteiger partial charge in [0.25, 0.3) is 0 Å². The molecular weight excluding hydrogens is 236 g/mol. The Hall–Kier alpha value is -2.44. The van der Waals surface area contributed by atoms with Crippen LogP contribution in [0.1, 0.15) is 6.42 Å². The molecule has 94 valence electrons. The molecule has 0 bridgehead atoms. The van der Waals surface area contributed by atoms with Crippen LogP contribution in [0.15, 0.2) is 24.3 Å². The fraction of sp³-hybridized carbons (Fsp3) is 0.273. The highest BCUT2D eigenvalue weighted by Gasteiger charge is 2.11. The molecule has 0 saturated carbocycles. The first-order chi connectivity index (χ1) is 8.70. The Morgan fingerprint density at radius 1 is 1.44 bits per heavy atom. The van der Waals surface area contributed by atoms with Crippen molar-refractivity contribution in [2.45, 2.75) is 13.0 Å². The number of carbonyl (C=O) groups is 1. The van der Waals surface area contributed by atoms with Crippen molar-refractivity contribution in [1.29, 1.82) is 0 Å². The van der Waals surface area contributed by atoms with Gasteiger partial charge in [-0.05, 0) is 17.3 Å². The molecule has 0 radical (unpaired) electrons. The molecule has 2 rings (SSSR count). The minimum Gasteiger partial charge on any atom is -0.496 e. The molecule has 1 aromatic carbocycles. The van der Waals surface area contributed by atoms with Gasteiger partial charge in [0.15, 0.2) is 0 Å². The van der Waals surface area contributed by atoms with Crippen molar-refractivity contribution in [3.63, 3.8) is 0 Å². The molecule has 7 nitrogen and oxygen atoms in total. The van der Waals surface area contributed by atoms with Crippen LogP contribution in [-0.2, 0) is 11.3 Å². The molecule has 1 heterocycles. The third-order valence-electron chi connectivity index (χ3n) is 2.33. The Morgan fingerprint density at radius 3 is 2.94 bits per heavy atom. The number of aliphatic carboxylic acids is 1. The molecule has 0 aliphatic carbocycles. The van der Waals surface area contributed by atoms with E-state index in [0.717, 1.165) is 5.56 Å². The monoisotopic (exact) mass is 248 g/mol. The van der Waals surface area contributed by atoms with Crippen LogP contribution in [0.4, 0.5) is 0 Å². The molecule has 0 fully saturated rings. The van der Waals surface area contributed by atoms with E-state index in [-0.39, 0.29) is 13.0 Å². The standard InChI is InChI=1S/C11H12N4O3/c1-18-9-5-3-2-4-8(9)11-12-14-15(13-11)7-6-10(16)17/h2-5H,6-7H2,1H3,(H,16,17). The first kappa shape index (κ1) is 12.0. The van der Waals surface area contributed by atoms with Crippen molar-refractivity contribution >= 4 is 5.97 Å². The normalized spacial score (nSPS) is 10.3. The summed E-state index contributed by atoms with van der Waals surface area (Å²) in [6.45, 7) is 0.192. The maximum atomic E-state index is 10.4. The second-order valence-corrected chi connectivity index (χ2v) is 3.55. The van der Waals surface area contributed by atoms with Crippen molar-refractivity contribution < 1.29 is 14.6 Å². The van der Waals surface area contributed by atoms with Gasteiger partial charge in [-0.15, -0.1) is 10.2 Å². The summed E-state index contributed by atoms with van der Waals surface area (Å²) in [5.41, 5.74) is 0.724. The Bertz CT molecular complexity index is 553. The van der Waals surface area contributed by atoms with E-state index in [4.69, 9.17) is 9.84 Å². The van der Waals surface area contributed by atoms with Crippen molar-refractivity contribution in [1.82, 2.24) is 20.2 Å². The van der Waals surface area contributed by atoms with Crippen molar-refractivity contribution in [3.05, 3.63) is 24.3 Å². The number of carboxylic acid groups (broad SMARTS) is 1. The third-order valence-corrected chi connectivity index (χ3v) is 2.33. The molecule has 1 N–H and O–H groups in total. The summed E-state index contributed by atoms with van der Waals surface area (Å²) in [5, 5.41) is 20.4. The number of hydrogen-bond donors (Lipinski definition) is 1. The summed E-state index contributed by atoms with van der Waals surface area (Å²) in [7, 11) is 1.56. The molecule has 0 amide bonds. The molecule has 2 aromatic rings. The lowest BCUT2D eigenvalue weighted by Crippen LogP contribution is -2.07. The van der Waals surface area contributed by atoms with Gasteiger partial charge < -0.3 is 9.84 Å². The number of nitrogens with zero attached hydrogens (tertiary/aromatic N) is 4. The molecular formula is C11H12N4O3. The first-order valence-corrected chi connectivity index (χ1v) is 5.33. The van der Waals surface area contributed by atoms with Crippen LogP contribution < -0.4 is 4.74 Å². The minimum atomic E-state index is -0.897. The van der Waals surface area contributed by atoms with Gasteiger partial charge in [-0.3, -0.25) is 4.79 Å². The summed E-state index contributed by atoms with van der Waals surface area (Å²) >= 11 is 0. The van der Waals surface area contributed by atoms with Gasteiger partial charge in [0, 0.05) is 0 Å². The van der Waals surface area contributed by atoms with Gasteiger partial charge in [-0.1, -0.05) is 12.1 Å². The van der Waals surface area contributed by atoms with Gasteiger partial charge in [0.05, 0.1) is 25.6 Å². The summed E-state index contributed by atoms with van der Waals surface area (Å²) in [4.78, 5) is 11.7. The highest BCUT2D eigenvalue weighted by Crippen LogP contribution is 2.25. The number of ether oxygens (including phenoxy) is 1. The molecule has 18 heavy (non-hydrogen) atoms. The summed E-state index contributed by atoms with van der Waals surface area (Å²) in [6.07, 6.45) is -0.0400. The van der Waals surface area contributed by atoms with E-state index < -0.39 is 5.97 Å². The van der Waals surface area contributed by atoms with Gasteiger partial charge in [0.1, 0.15) is 5.75 Å². The van der Waals surface area contributed by atoms with E-state index in [0.29, 0.717) is 11.6 Å². The maximum absolute atomic E-state index is 10.4. The SMILES string of the molecule is COc1ccccc1-c1nnn(CCC(=O)O)n1. The quantitative estimate of drug-likeness (QED) is 0.842. The van der Waals surface area contributed by atoms with Crippen molar-refractivity contribution in [2.24, 2.45) is 0 Å². The predicted octanol–water partition coefficient (Wildman–Crippen LogP) is 0.823. The Labute approximate surface area is 103 Å². The average molecular weight is 248 g/mol. The minimum absolute atomic E-state index is 0.0400. The van der Waals surface area contributed by atoms with Crippen LogP contribution in [0, 0.1) is 0 Å². The average Bonchev–Trinajstić information content (AvgIpc) is 2.85. The van der Waals surface area contributed by atoms with E-state index in [1.807, 2.05) is 18.2 Å². The summed E-state index contributed by atoms with van der Waals surface area (Å²) < 4.78 is 5.20. The van der Waals surface area contributed by atoms with E-state index in [2.05, 4.69) is 15.4 Å². The second kappa shape index (κ2) is 5.26. The van der Waals surface area contributed by atoms with E-state index >= 15 is 0 Å². The number of aromatic nitrogens is 4. The molecule has 0 atom stereocenters. The highest BCUT2D eigenvalue weighted by atomic mass is 16.5. The van der Waals surface area contributed by atoms with Crippen LogP contribution in [-0.4, -0.2) is 38.4 Å². The predicted molar refractivity (Wildman–Crippen MR) is 62.1 cm³/mol. The summed E-state index contributed by atoms with van der Waals surface area (Å²) in [5.74, 6) is 0.166. The molecule has 0 aliphatic heterocycles. The Kier molecular flexibility index (Phi) is 3.52. The highest BCUT2D eigenvalue weighted by molar-refractivity contribution is 5.66. The number of aryl methyl sites for hydroxylation is 1. The molecule has 1 aromatic heterocycles. The third kappa shape index (κ3) is 2.62. The summed E-state index contributed by atoms with van der Waals surface area (Å²) in [6, 6.07) is 7.30. The van der Waals surface area contributed by atoms with Gasteiger partial charge in [0.2, 0.25) is 5.82 Å². The number of tetrazole rings is 1. The smallest absolute Gasteiger partial charge is 0.305 e. The van der Waals surface area contributed by atoms with Crippen LogP contribution in [0.2, 0.25) is 0 Å². The topological polar surface area (TPSA) is 90.1 Å². The lowest BCUT2D eigenvalue weighted by molar-refractivity contribution is -0.137. The zero-order valence-corrected chi connectivity index (χ0v) is 9.78. The van der Waals surface area contributed by atoms with Crippen molar-refractivity contribution in [2.75, 3.05) is 7.11 Å². The fourth-order valence-electron chi connectivity index (χ4n) is 1.47. The van der Waals surface area contributed by atoms with Gasteiger partial charge in [-0.2, -0.15) is 4.80 Å². The van der Waals surface area contributed by atoms with E-state index in [9.17, 15) is 4.79 Å². The zero-order chi connectivity index (χ0) is 13.0. The molecule has 0 unspecified atom stereocenters.